The minimum Gasteiger partial charge on any atom is -0.352 e. The molecule has 31 heavy (non-hydrogen) atoms. The SMILES string of the molecule is CC(C)C(N)C(=O)NCC(=O)NC(CC1CCCCC1)C(=O)NCC(=O)NC1CCC1. The first-order valence-electron chi connectivity index (χ1n) is 11.7. The third-order valence-corrected chi connectivity index (χ3v) is 6.28. The van der Waals surface area contributed by atoms with Gasteiger partial charge >= 0.3 is 0 Å². The van der Waals surface area contributed by atoms with E-state index in [0.29, 0.717) is 12.3 Å². The van der Waals surface area contributed by atoms with Gasteiger partial charge < -0.3 is 27.0 Å². The quantitative estimate of drug-likeness (QED) is 0.316. The first-order valence-corrected chi connectivity index (χ1v) is 11.7. The van der Waals surface area contributed by atoms with Crippen LogP contribution >= 0.6 is 0 Å². The number of nitrogens with one attached hydrogen (secondary N) is 4. The highest BCUT2D eigenvalue weighted by molar-refractivity contribution is 5.92. The maximum Gasteiger partial charge on any atom is 0.243 e. The molecule has 0 bridgehead atoms. The fourth-order valence-corrected chi connectivity index (χ4v) is 3.94. The molecule has 0 radical (unpaired) electrons. The molecule has 2 rings (SSSR count). The molecule has 9 nitrogen and oxygen atoms in total. The van der Waals surface area contributed by atoms with E-state index >= 15 is 0 Å². The van der Waals surface area contributed by atoms with Gasteiger partial charge in [0.1, 0.15) is 6.04 Å². The summed E-state index contributed by atoms with van der Waals surface area (Å²) in [6.07, 6.45) is 9.11. The highest BCUT2D eigenvalue weighted by Crippen LogP contribution is 2.27. The van der Waals surface area contributed by atoms with Crippen LogP contribution in [-0.4, -0.2) is 54.8 Å². The van der Waals surface area contributed by atoms with E-state index in [4.69, 9.17) is 5.73 Å². The molecule has 9 heteroatoms. The minimum absolute atomic E-state index is 0.0426. The van der Waals surface area contributed by atoms with Crippen molar-refractivity contribution in [3.05, 3.63) is 0 Å². The predicted octanol–water partition coefficient (Wildman–Crippen LogP) is 0.326. The fourth-order valence-electron chi connectivity index (χ4n) is 3.94. The van der Waals surface area contributed by atoms with Crippen molar-refractivity contribution in [3.8, 4) is 0 Å². The van der Waals surface area contributed by atoms with Crippen LogP contribution in [0.15, 0.2) is 0 Å². The Balaban J connectivity index is 1.85. The molecule has 0 aliphatic heterocycles. The lowest BCUT2D eigenvalue weighted by molar-refractivity contribution is -0.131. The zero-order valence-corrected chi connectivity index (χ0v) is 18.9. The van der Waals surface area contributed by atoms with Crippen molar-refractivity contribution in [3.63, 3.8) is 0 Å². The third-order valence-electron chi connectivity index (χ3n) is 6.28. The molecule has 0 spiro atoms. The standard InChI is InChI=1S/C22H39N5O4/c1-14(2)20(23)22(31)25-13-19(29)27-17(11-15-7-4-3-5-8-15)21(30)24-12-18(28)26-16-9-6-10-16/h14-17,20H,3-13,23H2,1-2H3,(H,24,30)(H,25,31)(H,26,28)(H,27,29). The Morgan fingerprint density at radius 3 is 2.03 bits per heavy atom. The summed E-state index contributed by atoms with van der Waals surface area (Å²) in [6.45, 7) is 3.31. The van der Waals surface area contributed by atoms with Gasteiger partial charge in [-0.05, 0) is 37.5 Å². The van der Waals surface area contributed by atoms with Gasteiger partial charge in [0, 0.05) is 6.04 Å². The molecule has 0 heterocycles. The van der Waals surface area contributed by atoms with Crippen LogP contribution in [0.4, 0.5) is 0 Å². The summed E-state index contributed by atoms with van der Waals surface area (Å²) < 4.78 is 0. The summed E-state index contributed by atoms with van der Waals surface area (Å²) in [5, 5.41) is 10.8. The van der Waals surface area contributed by atoms with Crippen LogP contribution in [0.3, 0.4) is 0 Å². The van der Waals surface area contributed by atoms with Crippen LogP contribution in [0.1, 0.15) is 71.6 Å². The van der Waals surface area contributed by atoms with Gasteiger partial charge in [0.25, 0.3) is 0 Å². The number of rotatable bonds is 11. The average Bonchev–Trinajstić information content (AvgIpc) is 2.72. The summed E-state index contributed by atoms with van der Waals surface area (Å²) in [7, 11) is 0. The van der Waals surface area contributed by atoms with Crippen molar-refractivity contribution in [2.75, 3.05) is 13.1 Å². The van der Waals surface area contributed by atoms with E-state index in [1.807, 2.05) is 13.8 Å². The fraction of sp³-hybridized carbons (Fsp3) is 0.818. The Morgan fingerprint density at radius 2 is 1.45 bits per heavy atom. The lowest BCUT2D eigenvalue weighted by atomic mass is 9.84. The van der Waals surface area contributed by atoms with E-state index in [9.17, 15) is 19.2 Å². The molecule has 2 atom stereocenters. The average molecular weight is 438 g/mol. The number of hydrogen-bond acceptors (Lipinski definition) is 5. The molecular formula is C22H39N5O4. The molecule has 2 aliphatic rings. The van der Waals surface area contributed by atoms with Gasteiger partial charge in [-0.1, -0.05) is 46.0 Å². The molecule has 0 aromatic rings. The molecule has 2 saturated carbocycles. The second kappa shape index (κ2) is 12.6. The molecule has 0 saturated heterocycles. The van der Waals surface area contributed by atoms with Crippen LogP contribution in [0, 0.1) is 11.8 Å². The Hall–Kier alpha value is -2.16. The van der Waals surface area contributed by atoms with E-state index in [-0.39, 0.29) is 36.9 Å². The monoisotopic (exact) mass is 437 g/mol. The van der Waals surface area contributed by atoms with Crippen LogP contribution in [0.25, 0.3) is 0 Å². The van der Waals surface area contributed by atoms with E-state index in [1.165, 1.54) is 6.42 Å². The van der Waals surface area contributed by atoms with Crippen molar-refractivity contribution in [2.24, 2.45) is 17.6 Å². The van der Waals surface area contributed by atoms with Crippen molar-refractivity contribution in [1.29, 1.82) is 0 Å². The maximum atomic E-state index is 12.7. The zero-order valence-electron chi connectivity index (χ0n) is 18.9. The zero-order chi connectivity index (χ0) is 22.8. The molecule has 176 valence electrons. The molecule has 2 aliphatic carbocycles. The summed E-state index contributed by atoms with van der Waals surface area (Å²) in [5.74, 6) is -1.11. The lowest BCUT2D eigenvalue weighted by Gasteiger charge is -2.28. The molecule has 6 N–H and O–H groups in total. The van der Waals surface area contributed by atoms with Gasteiger partial charge in [0.2, 0.25) is 23.6 Å². The van der Waals surface area contributed by atoms with Gasteiger partial charge in [0.15, 0.2) is 0 Å². The van der Waals surface area contributed by atoms with E-state index < -0.39 is 23.9 Å². The second-order valence-electron chi connectivity index (χ2n) is 9.26. The Labute approximate surface area is 185 Å². The maximum absolute atomic E-state index is 12.7. The molecule has 0 aromatic heterocycles. The Kier molecular flexibility index (Phi) is 10.2. The van der Waals surface area contributed by atoms with E-state index in [0.717, 1.165) is 44.9 Å². The lowest BCUT2D eigenvalue weighted by Crippen LogP contribution is -2.53. The van der Waals surface area contributed by atoms with Gasteiger partial charge in [-0.3, -0.25) is 19.2 Å². The number of amides is 4. The molecule has 0 aromatic carbocycles. The largest absolute Gasteiger partial charge is 0.352 e. The highest BCUT2D eigenvalue weighted by Gasteiger charge is 2.27. The number of carbonyl (C=O) groups excluding carboxylic acids is 4. The Bertz CT molecular complexity index is 629. The van der Waals surface area contributed by atoms with Gasteiger partial charge in [-0.2, -0.15) is 0 Å². The van der Waals surface area contributed by atoms with Crippen molar-refractivity contribution in [2.45, 2.75) is 89.8 Å². The number of carbonyl (C=O) groups is 4. The van der Waals surface area contributed by atoms with E-state index in [1.54, 1.807) is 0 Å². The normalized spacial score (nSPS) is 19.1. The van der Waals surface area contributed by atoms with Crippen molar-refractivity contribution in [1.82, 2.24) is 21.3 Å². The summed E-state index contributed by atoms with van der Waals surface area (Å²) in [5.41, 5.74) is 5.79. The smallest absolute Gasteiger partial charge is 0.243 e. The van der Waals surface area contributed by atoms with Gasteiger partial charge in [0.05, 0.1) is 19.1 Å². The van der Waals surface area contributed by atoms with Crippen LogP contribution < -0.4 is 27.0 Å². The van der Waals surface area contributed by atoms with Crippen LogP contribution in [0.2, 0.25) is 0 Å². The summed E-state index contributed by atoms with van der Waals surface area (Å²) >= 11 is 0. The highest BCUT2D eigenvalue weighted by atomic mass is 16.2. The topological polar surface area (TPSA) is 142 Å². The number of nitrogens with two attached hydrogens (primary N) is 1. The molecule has 4 amide bonds. The van der Waals surface area contributed by atoms with Gasteiger partial charge in [-0.15, -0.1) is 0 Å². The number of hydrogen-bond donors (Lipinski definition) is 5. The second-order valence-corrected chi connectivity index (χ2v) is 9.26. The van der Waals surface area contributed by atoms with Crippen molar-refractivity contribution >= 4 is 23.6 Å². The van der Waals surface area contributed by atoms with Gasteiger partial charge in [-0.25, -0.2) is 0 Å². The first-order chi connectivity index (χ1) is 14.8. The summed E-state index contributed by atoms with van der Waals surface area (Å²) in [4.78, 5) is 49.1. The molecular weight excluding hydrogens is 398 g/mol. The molecule has 2 fully saturated rings. The van der Waals surface area contributed by atoms with Crippen molar-refractivity contribution < 1.29 is 19.2 Å². The van der Waals surface area contributed by atoms with Crippen LogP contribution in [-0.2, 0) is 19.2 Å². The minimum atomic E-state index is -0.734. The summed E-state index contributed by atoms with van der Waals surface area (Å²) in [6, 6.07) is -1.21. The predicted molar refractivity (Wildman–Crippen MR) is 118 cm³/mol. The first kappa shape index (κ1) is 25.1. The third kappa shape index (κ3) is 8.85. The van der Waals surface area contributed by atoms with Crippen LogP contribution in [0.5, 0.6) is 0 Å². The Morgan fingerprint density at radius 1 is 0.839 bits per heavy atom. The van der Waals surface area contributed by atoms with E-state index in [2.05, 4.69) is 21.3 Å². The molecule has 2 unspecified atom stereocenters.